The van der Waals surface area contributed by atoms with Crippen LogP contribution in [0.1, 0.15) is 12.4 Å². The van der Waals surface area contributed by atoms with E-state index in [4.69, 9.17) is 4.74 Å². The lowest BCUT2D eigenvalue weighted by Crippen LogP contribution is -2.09. The van der Waals surface area contributed by atoms with Crippen LogP contribution in [0.3, 0.4) is 0 Å². The number of hydrogen-bond donors (Lipinski definition) is 1. The van der Waals surface area contributed by atoms with E-state index in [1.165, 1.54) is 37.7 Å². The first kappa shape index (κ1) is 13.3. The van der Waals surface area contributed by atoms with Gasteiger partial charge in [-0.2, -0.15) is 8.78 Å². The Morgan fingerprint density at radius 1 is 1.42 bits per heavy atom. The number of hydrogen-bond acceptors (Lipinski definition) is 3. The maximum Gasteiger partial charge on any atom is 0.319 e. The molecule has 0 fully saturated rings. The first-order valence-electron chi connectivity index (χ1n) is 5.49. The Labute approximate surface area is 107 Å². The van der Waals surface area contributed by atoms with Gasteiger partial charge in [0, 0.05) is 18.5 Å². The smallest absolute Gasteiger partial charge is 0.319 e. The quantitative estimate of drug-likeness (QED) is 0.908. The van der Waals surface area contributed by atoms with Crippen molar-refractivity contribution >= 4 is 5.69 Å². The van der Waals surface area contributed by atoms with Crippen molar-refractivity contribution in [3.05, 3.63) is 42.2 Å². The maximum absolute atomic E-state index is 13.5. The molecule has 0 atom stereocenters. The van der Waals surface area contributed by atoms with Crippen molar-refractivity contribution in [1.82, 2.24) is 9.55 Å². The van der Waals surface area contributed by atoms with Crippen molar-refractivity contribution in [2.75, 3.05) is 12.4 Å². The van der Waals surface area contributed by atoms with Crippen molar-refractivity contribution in [3.8, 4) is 5.75 Å². The van der Waals surface area contributed by atoms with Gasteiger partial charge in [0.2, 0.25) is 0 Å². The molecule has 0 aliphatic rings. The monoisotopic (exact) mass is 271 g/mol. The minimum atomic E-state index is -2.67. The number of rotatable bonds is 5. The summed E-state index contributed by atoms with van der Waals surface area (Å²) < 4.78 is 44.3. The Bertz CT molecular complexity index is 557. The fourth-order valence-corrected chi connectivity index (χ4v) is 1.60. The molecule has 1 N–H and O–H groups in total. The number of benzene rings is 1. The van der Waals surface area contributed by atoms with Crippen LogP contribution in [0, 0.1) is 5.82 Å². The molecule has 2 rings (SSSR count). The predicted molar refractivity (Wildman–Crippen MR) is 63.8 cm³/mol. The van der Waals surface area contributed by atoms with E-state index in [1.807, 2.05) is 0 Å². The van der Waals surface area contributed by atoms with Gasteiger partial charge in [0.05, 0.1) is 19.3 Å². The zero-order valence-electron chi connectivity index (χ0n) is 10.1. The summed E-state index contributed by atoms with van der Waals surface area (Å²) in [5, 5.41) is 2.71. The standard InChI is InChI=1S/C12H12F3N3O/c1-19-8-2-3-9(13)10(6-8)17-7-11-16-4-5-18(11)12(14)15/h2-6,12,17H,7H2,1H3. The van der Waals surface area contributed by atoms with E-state index in [-0.39, 0.29) is 18.1 Å². The van der Waals surface area contributed by atoms with Crippen LogP contribution >= 0.6 is 0 Å². The normalized spacial score (nSPS) is 10.8. The molecule has 0 radical (unpaired) electrons. The molecular weight excluding hydrogens is 259 g/mol. The molecule has 1 aromatic heterocycles. The minimum absolute atomic E-state index is 0.0125. The molecular formula is C12H12F3N3O. The highest BCUT2D eigenvalue weighted by atomic mass is 19.3. The SMILES string of the molecule is COc1ccc(F)c(NCc2nccn2C(F)F)c1. The topological polar surface area (TPSA) is 39.1 Å². The van der Waals surface area contributed by atoms with Crippen LogP contribution in [0.15, 0.2) is 30.6 Å². The fraction of sp³-hybridized carbons (Fsp3) is 0.250. The van der Waals surface area contributed by atoms with E-state index in [0.29, 0.717) is 10.3 Å². The van der Waals surface area contributed by atoms with Crippen molar-refractivity contribution in [1.29, 1.82) is 0 Å². The van der Waals surface area contributed by atoms with Gasteiger partial charge in [-0.25, -0.2) is 9.37 Å². The van der Waals surface area contributed by atoms with Gasteiger partial charge in [0.25, 0.3) is 0 Å². The number of nitrogens with zero attached hydrogens (tertiary/aromatic N) is 2. The second-order valence-corrected chi connectivity index (χ2v) is 3.73. The van der Waals surface area contributed by atoms with E-state index in [0.717, 1.165) is 0 Å². The summed E-state index contributed by atoms with van der Waals surface area (Å²) in [5.41, 5.74) is 0.170. The second-order valence-electron chi connectivity index (χ2n) is 3.73. The van der Waals surface area contributed by atoms with Gasteiger partial charge in [-0.05, 0) is 12.1 Å². The lowest BCUT2D eigenvalue weighted by atomic mass is 10.3. The van der Waals surface area contributed by atoms with Crippen molar-refractivity contribution in [2.24, 2.45) is 0 Å². The van der Waals surface area contributed by atoms with Gasteiger partial charge in [-0.3, -0.25) is 4.57 Å². The highest BCUT2D eigenvalue weighted by Crippen LogP contribution is 2.22. The highest BCUT2D eigenvalue weighted by molar-refractivity contribution is 5.49. The summed E-state index contributed by atoms with van der Waals surface area (Å²) in [7, 11) is 1.46. The fourth-order valence-electron chi connectivity index (χ4n) is 1.60. The van der Waals surface area contributed by atoms with Crippen LogP contribution in [0.25, 0.3) is 0 Å². The number of alkyl halides is 2. The number of nitrogens with one attached hydrogen (secondary N) is 1. The molecule has 19 heavy (non-hydrogen) atoms. The summed E-state index contributed by atoms with van der Waals surface area (Å²) in [6, 6.07) is 4.16. The Morgan fingerprint density at radius 3 is 2.89 bits per heavy atom. The van der Waals surface area contributed by atoms with Crippen LogP contribution in [0.4, 0.5) is 18.9 Å². The Kier molecular flexibility index (Phi) is 3.94. The molecule has 0 bridgehead atoms. The number of ether oxygens (including phenoxy) is 1. The Balaban J connectivity index is 2.12. The number of halogens is 3. The van der Waals surface area contributed by atoms with Gasteiger partial charge in [0.1, 0.15) is 17.4 Å². The lowest BCUT2D eigenvalue weighted by Gasteiger charge is -2.10. The number of aromatic nitrogens is 2. The predicted octanol–water partition coefficient (Wildman–Crippen LogP) is 3.04. The molecule has 1 heterocycles. The van der Waals surface area contributed by atoms with Crippen LogP contribution in [-0.2, 0) is 6.54 Å². The first-order chi connectivity index (χ1) is 9.11. The van der Waals surface area contributed by atoms with Crippen LogP contribution in [-0.4, -0.2) is 16.7 Å². The largest absolute Gasteiger partial charge is 0.497 e. The number of anilines is 1. The summed E-state index contributed by atoms with van der Waals surface area (Å²) in [4.78, 5) is 3.79. The van der Waals surface area contributed by atoms with Gasteiger partial charge >= 0.3 is 6.55 Å². The molecule has 0 aliphatic carbocycles. The number of imidazole rings is 1. The molecule has 4 nitrogen and oxygen atoms in total. The molecule has 0 unspecified atom stereocenters. The van der Waals surface area contributed by atoms with Crippen molar-refractivity contribution in [3.63, 3.8) is 0 Å². The van der Waals surface area contributed by atoms with Gasteiger partial charge in [0.15, 0.2) is 0 Å². The summed E-state index contributed by atoms with van der Waals surface area (Å²) in [6.07, 6.45) is 2.44. The zero-order chi connectivity index (χ0) is 13.8. The van der Waals surface area contributed by atoms with E-state index < -0.39 is 12.4 Å². The van der Waals surface area contributed by atoms with Crippen molar-refractivity contribution in [2.45, 2.75) is 13.1 Å². The molecule has 1 aromatic carbocycles. The van der Waals surface area contributed by atoms with Crippen LogP contribution in [0.5, 0.6) is 5.75 Å². The third kappa shape index (κ3) is 2.98. The number of methoxy groups -OCH3 is 1. The third-order valence-corrected chi connectivity index (χ3v) is 2.57. The second kappa shape index (κ2) is 5.64. The minimum Gasteiger partial charge on any atom is -0.497 e. The van der Waals surface area contributed by atoms with Crippen LogP contribution in [0.2, 0.25) is 0 Å². The van der Waals surface area contributed by atoms with Crippen molar-refractivity contribution < 1.29 is 17.9 Å². The van der Waals surface area contributed by atoms with Gasteiger partial charge < -0.3 is 10.1 Å². The molecule has 0 spiro atoms. The molecule has 102 valence electrons. The van der Waals surface area contributed by atoms with E-state index in [1.54, 1.807) is 0 Å². The van der Waals surface area contributed by atoms with Crippen LogP contribution < -0.4 is 10.1 Å². The Hall–Kier alpha value is -2.18. The third-order valence-electron chi connectivity index (χ3n) is 2.57. The van der Waals surface area contributed by atoms with E-state index in [9.17, 15) is 13.2 Å². The van der Waals surface area contributed by atoms with Gasteiger partial charge in [-0.1, -0.05) is 0 Å². The van der Waals surface area contributed by atoms with E-state index >= 15 is 0 Å². The molecule has 0 aliphatic heterocycles. The first-order valence-corrected chi connectivity index (χ1v) is 5.49. The average molecular weight is 271 g/mol. The maximum atomic E-state index is 13.5. The molecule has 0 saturated heterocycles. The molecule has 7 heteroatoms. The molecule has 0 amide bonds. The molecule has 2 aromatic rings. The summed E-state index contributed by atoms with van der Waals surface area (Å²) in [6.45, 7) is -2.68. The molecule has 0 saturated carbocycles. The van der Waals surface area contributed by atoms with E-state index in [2.05, 4.69) is 10.3 Å². The lowest BCUT2D eigenvalue weighted by molar-refractivity contribution is 0.0673. The van der Waals surface area contributed by atoms with Gasteiger partial charge in [-0.15, -0.1) is 0 Å². The Morgan fingerprint density at radius 2 is 2.21 bits per heavy atom. The summed E-state index contributed by atoms with van der Waals surface area (Å²) >= 11 is 0. The average Bonchev–Trinajstić information content (AvgIpc) is 2.86. The zero-order valence-corrected chi connectivity index (χ0v) is 10.1. The highest BCUT2D eigenvalue weighted by Gasteiger charge is 2.12. The summed E-state index contributed by atoms with van der Waals surface area (Å²) in [5.74, 6) is 0.106.